The Morgan fingerprint density at radius 1 is 0.948 bits per heavy atom. The van der Waals surface area contributed by atoms with Gasteiger partial charge < -0.3 is 20.1 Å². The Bertz CT molecular complexity index is 1800. The van der Waals surface area contributed by atoms with Gasteiger partial charge in [-0.15, -0.1) is 0 Å². The lowest BCUT2D eigenvalue weighted by atomic mass is 9.32. The zero-order valence-electron chi connectivity index (χ0n) is 36.7. The number of allylic oxidation sites excluding steroid dienone is 3. The molecule has 6 aliphatic rings. The number of aromatic carboxylic acids is 1. The molecule has 0 aromatic heterocycles. The van der Waals surface area contributed by atoms with Crippen molar-refractivity contribution in [3.05, 3.63) is 53.6 Å². The van der Waals surface area contributed by atoms with Crippen LogP contribution >= 0.6 is 0 Å². The first-order chi connectivity index (χ1) is 27.4. The lowest BCUT2D eigenvalue weighted by Crippen LogP contribution is -2.65. The molecule has 1 aliphatic heterocycles. The Hall–Kier alpha value is -2.62. The van der Waals surface area contributed by atoms with E-state index in [0.29, 0.717) is 73.5 Å². The van der Waals surface area contributed by atoms with E-state index in [9.17, 15) is 23.7 Å². The summed E-state index contributed by atoms with van der Waals surface area (Å²) in [4.78, 5) is 40.2. The molecule has 1 aromatic carbocycles. The average Bonchev–Trinajstić information content (AvgIpc) is 3.58. The maximum atomic E-state index is 13.4. The summed E-state index contributed by atoms with van der Waals surface area (Å²) in [5.74, 6) is 2.92. The van der Waals surface area contributed by atoms with Crippen LogP contribution in [0.3, 0.4) is 0 Å². The van der Waals surface area contributed by atoms with E-state index >= 15 is 0 Å². The number of aldehydes is 1. The van der Waals surface area contributed by atoms with Crippen LogP contribution in [0.15, 0.2) is 42.5 Å². The molecule has 2 N–H and O–H groups in total. The van der Waals surface area contributed by atoms with Crippen LogP contribution in [0.25, 0.3) is 5.57 Å². The number of nitrogens with zero attached hydrogens (tertiary/aromatic N) is 2. The topological polar surface area (TPSA) is 107 Å². The maximum absolute atomic E-state index is 13.4. The Labute approximate surface area is 351 Å². The van der Waals surface area contributed by atoms with Crippen LogP contribution in [0.5, 0.6) is 0 Å². The van der Waals surface area contributed by atoms with Crippen LogP contribution in [0.1, 0.15) is 129 Å². The minimum Gasteiger partial charge on any atom is -0.478 e. The lowest BCUT2D eigenvalue weighted by molar-refractivity contribution is -0.225. The zero-order valence-corrected chi connectivity index (χ0v) is 37.6. The van der Waals surface area contributed by atoms with Crippen molar-refractivity contribution in [3.8, 4) is 0 Å². The van der Waals surface area contributed by atoms with Crippen molar-refractivity contribution in [2.45, 2.75) is 118 Å². The second kappa shape index (κ2) is 16.3. The Balaban J connectivity index is 1.01. The van der Waals surface area contributed by atoms with Crippen LogP contribution < -0.4 is 5.32 Å². The highest BCUT2D eigenvalue weighted by Gasteiger charge is 2.70. The monoisotopic (exact) mass is 816 g/mol. The minimum atomic E-state index is -1.14. The third-order valence-electron chi connectivity index (χ3n) is 18.2. The molecule has 0 spiro atoms. The lowest BCUT2D eigenvalue weighted by Gasteiger charge is -2.72. The number of carbonyl (C=O) groups excluding carboxylic acids is 2. The fourth-order valence-electron chi connectivity index (χ4n) is 14.9. The molecule has 1 saturated heterocycles. The van der Waals surface area contributed by atoms with Gasteiger partial charge in [-0.3, -0.25) is 13.9 Å². The number of rotatable bonds is 13. The molecule has 0 radical (unpaired) electrons. The largest absolute Gasteiger partial charge is 0.478 e. The molecule has 1 amide bonds. The van der Waals surface area contributed by atoms with E-state index in [4.69, 9.17) is 0 Å². The summed E-state index contributed by atoms with van der Waals surface area (Å²) in [6, 6.07) is 7.58. The number of carboxylic acid groups (broad SMARTS) is 1. The highest BCUT2D eigenvalue weighted by atomic mass is 32.2. The van der Waals surface area contributed by atoms with Gasteiger partial charge in [-0.1, -0.05) is 65.0 Å². The molecule has 4 saturated carbocycles. The summed E-state index contributed by atoms with van der Waals surface area (Å²) in [7, 11) is -1.14. The van der Waals surface area contributed by atoms with Gasteiger partial charge >= 0.3 is 5.97 Å². The van der Waals surface area contributed by atoms with Gasteiger partial charge in [0.05, 0.1) is 10.8 Å². The molecular weight excluding hydrogens is 743 g/mol. The number of amides is 1. The van der Waals surface area contributed by atoms with Crippen LogP contribution in [0.2, 0.25) is 0 Å². The molecule has 1 heterocycles. The van der Waals surface area contributed by atoms with Crippen molar-refractivity contribution < 1.29 is 23.7 Å². The van der Waals surface area contributed by atoms with Gasteiger partial charge in [0.15, 0.2) is 0 Å². The SMILES string of the molecule is C=C(C)[C@@H]1CC[C@]2(CNCCC(=O)N3CCN(CCS(=O)C(C)C=O)CC3)CC[C@]3(C)[C@H](CC[C@@H]4[C@@]5(C)CC=C(c6ccc(C(=O)O)cc6)C(C)(C)[C@@H]5CC[C@]43C)[C@@H]12. The van der Waals surface area contributed by atoms with Crippen molar-refractivity contribution >= 4 is 34.5 Å². The molecule has 5 fully saturated rings. The van der Waals surface area contributed by atoms with E-state index < -0.39 is 22.0 Å². The number of fused-ring (bicyclic) bond motifs is 7. The van der Waals surface area contributed by atoms with Crippen molar-refractivity contribution in [2.75, 3.05) is 51.6 Å². The number of benzene rings is 1. The maximum Gasteiger partial charge on any atom is 0.335 e. The van der Waals surface area contributed by atoms with E-state index in [1.807, 2.05) is 17.0 Å². The number of piperazine rings is 1. The average molecular weight is 816 g/mol. The summed E-state index contributed by atoms with van der Waals surface area (Å²) in [5, 5.41) is 13.0. The van der Waals surface area contributed by atoms with E-state index in [0.717, 1.165) is 32.3 Å². The summed E-state index contributed by atoms with van der Waals surface area (Å²) >= 11 is 0. The Morgan fingerprint density at radius 3 is 2.31 bits per heavy atom. The Morgan fingerprint density at radius 2 is 1.66 bits per heavy atom. The van der Waals surface area contributed by atoms with Crippen molar-refractivity contribution in [2.24, 2.45) is 56.7 Å². The normalized spacial score (nSPS) is 37.9. The first kappa shape index (κ1) is 43.5. The number of hydrogen-bond acceptors (Lipinski definition) is 6. The predicted octanol–water partition coefficient (Wildman–Crippen LogP) is 8.50. The Kier molecular flexibility index (Phi) is 12.2. The van der Waals surface area contributed by atoms with Crippen LogP contribution in [-0.2, 0) is 20.4 Å². The van der Waals surface area contributed by atoms with Crippen molar-refractivity contribution in [1.82, 2.24) is 15.1 Å². The quantitative estimate of drug-likeness (QED) is 0.117. The molecule has 5 aliphatic carbocycles. The molecule has 2 unspecified atom stereocenters. The number of hydrogen-bond donors (Lipinski definition) is 2. The van der Waals surface area contributed by atoms with Crippen LogP contribution in [-0.4, -0.2) is 94.1 Å². The van der Waals surface area contributed by atoms with Gasteiger partial charge in [-0.2, -0.15) is 0 Å². The van der Waals surface area contributed by atoms with Gasteiger partial charge in [0.2, 0.25) is 5.91 Å². The second-order valence-corrected chi connectivity index (χ2v) is 23.0. The molecular formula is C49H73N3O5S. The molecule has 320 valence electrons. The van der Waals surface area contributed by atoms with E-state index in [1.165, 1.54) is 68.1 Å². The van der Waals surface area contributed by atoms with E-state index in [2.05, 4.69) is 64.4 Å². The van der Waals surface area contributed by atoms with Crippen molar-refractivity contribution in [1.29, 1.82) is 0 Å². The molecule has 9 heteroatoms. The molecule has 8 nitrogen and oxygen atoms in total. The number of nitrogens with one attached hydrogen (secondary N) is 1. The summed E-state index contributed by atoms with van der Waals surface area (Å²) < 4.78 is 12.2. The third-order valence-corrected chi connectivity index (χ3v) is 19.7. The highest BCUT2D eigenvalue weighted by molar-refractivity contribution is 7.86. The fourth-order valence-corrected chi connectivity index (χ4v) is 15.8. The van der Waals surface area contributed by atoms with Gasteiger partial charge in [0, 0.05) is 68.8 Å². The van der Waals surface area contributed by atoms with E-state index in [-0.39, 0.29) is 33.0 Å². The van der Waals surface area contributed by atoms with Gasteiger partial charge in [0.1, 0.15) is 6.29 Å². The van der Waals surface area contributed by atoms with Gasteiger partial charge in [0.25, 0.3) is 0 Å². The first-order valence-electron chi connectivity index (χ1n) is 22.6. The standard InChI is InChI=1S/C49H73N3O5S/c1-33(2)37-15-21-49(32-50-24-18-42(54)52-27-25-51(26-28-52)29-30-58(57)34(3)31-53)23-22-47(7)39(43(37)49)13-14-41-46(6)19-16-38(35-9-11-36(12-10-35)44(55)56)45(4,5)40(46)17-20-48(41,47)8/h9-12,16,31,34,37,39-41,43,50H,1,13-15,17-30,32H2,2-8H3,(H,55,56)/t34?,37-,39+,40-,41+,43+,46-,47+,48+,49+,58?/m0/s1. The van der Waals surface area contributed by atoms with E-state index in [1.54, 1.807) is 19.1 Å². The molecule has 0 bridgehead atoms. The highest BCUT2D eigenvalue weighted by Crippen LogP contribution is 2.77. The fraction of sp³-hybridized carbons (Fsp3) is 0.735. The number of carboxylic acids is 1. The summed E-state index contributed by atoms with van der Waals surface area (Å²) in [6.45, 7) is 27.0. The second-order valence-electron chi connectivity index (χ2n) is 21.0. The molecule has 7 rings (SSSR count). The minimum absolute atomic E-state index is 0.00377. The van der Waals surface area contributed by atoms with Gasteiger partial charge in [-0.05, 0) is 152 Å². The van der Waals surface area contributed by atoms with Crippen LogP contribution in [0.4, 0.5) is 0 Å². The first-order valence-corrected chi connectivity index (χ1v) is 24.0. The third kappa shape index (κ3) is 7.33. The smallest absolute Gasteiger partial charge is 0.335 e. The van der Waals surface area contributed by atoms with Crippen molar-refractivity contribution in [3.63, 3.8) is 0 Å². The van der Waals surface area contributed by atoms with Crippen LogP contribution in [0, 0.1) is 56.7 Å². The predicted molar refractivity (Wildman–Crippen MR) is 235 cm³/mol. The number of carbonyl (C=O) groups is 3. The zero-order chi connectivity index (χ0) is 41.8. The molecule has 11 atom stereocenters. The van der Waals surface area contributed by atoms with Gasteiger partial charge in [-0.25, -0.2) is 4.79 Å². The summed E-state index contributed by atoms with van der Waals surface area (Å²) in [5.41, 5.74) is 5.24. The summed E-state index contributed by atoms with van der Waals surface area (Å²) in [6.07, 6.45) is 15.0. The molecule has 1 aromatic rings. The molecule has 58 heavy (non-hydrogen) atoms.